The third kappa shape index (κ3) is 3.76. The van der Waals surface area contributed by atoms with Gasteiger partial charge in [-0.25, -0.2) is 0 Å². The van der Waals surface area contributed by atoms with Gasteiger partial charge in [0.2, 0.25) is 0 Å². The molecule has 8 heteroatoms. The van der Waals surface area contributed by atoms with Gasteiger partial charge in [-0.05, 0) is 92.6 Å². The molecule has 2 N–H and O–H groups in total. The second-order valence-corrected chi connectivity index (χ2v) is 12.1. The Kier molecular flexibility index (Phi) is 5.90. The number of hydrogen-bond donors (Lipinski definition) is 2. The van der Waals surface area contributed by atoms with Crippen LogP contribution in [0.2, 0.25) is 0 Å². The Bertz CT molecular complexity index is 1170. The summed E-state index contributed by atoms with van der Waals surface area (Å²) in [7, 11) is 0. The Morgan fingerprint density at radius 1 is 0.973 bits per heavy atom. The fraction of sp³-hybridized carbons (Fsp3) is 0.621. The predicted molar refractivity (Wildman–Crippen MR) is 128 cm³/mol. The highest BCUT2D eigenvalue weighted by Gasteiger charge is 2.79. The Labute approximate surface area is 213 Å². The van der Waals surface area contributed by atoms with Gasteiger partial charge in [-0.2, -0.15) is 22.0 Å². The van der Waals surface area contributed by atoms with Crippen molar-refractivity contribution in [1.29, 1.82) is 0 Å². The molecular weight excluding hydrogens is 491 g/mol. The summed E-state index contributed by atoms with van der Waals surface area (Å²) >= 11 is 0. The zero-order chi connectivity index (χ0) is 27.2. The highest BCUT2D eigenvalue weighted by atomic mass is 19.4. The molecule has 5 rings (SSSR count). The minimum Gasteiger partial charge on any atom is -0.386 e. The van der Waals surface area contributed by atoms with E-state index in [1.165, 1.54) is 6.92 Å². The van der Waals surface area contributed by atoms with Crippen molar-refractivity contribution in [2.24, 2.45) is 17.3 Å². The van der Waals surface area contributed by atoms with Crippen LogP contribution in [0.3, 0.4) is 0 Å². The average Bonchev–Trinajstić information content (AvgIpc) is 3.09. The third-order valence-electron chi connectivity index (χ3n) is 9.78. The molecule has 3 nitrogen and oxygen atoms in total. The van der Waals surface area contributed by atoms with Gasteiger partial charge in [-0.3, -0.25) is 4.79 Å². The molecule has 1 aromatic carbocycles. The van der Waals surface area contributed by atoms with E-state index in [9.17, 15) is 28.2 Å². The van der Waals surface area contributed by atoms with Gasteiger partial charge < -0.3 is 10.2 Å². The van der Waals surface area contributed by atoms with Gasteiger partial charge in [0.25, 0.3) is 0 Å². The van der Waals surface area contributed by atoms with Crippen molar-refractivity contribution >= 4 is 5.78 Å². The summed E-state index contributed by atoms with van der Waals surface area (Å²) in [5.74, 6) is -6.47. The number of hydrogen-bond acceptors (Lipinski definition) is 3. The van der Waals surface area contributed by atoms with Gasteiger partial charge >= 0.3 is 12.1 Å². The molecule has 0 aromatic heterocycles. The molecule has 37 heavy (non-hydrogen) atoms. The van der Waals surface area contributed by atoms with E-state index in [0.717, 1.165) is 22.3 Å². The summed E-state index contributed by atoms with van der Waals surface area (Å²) in [5.41, 5.74) is -1.58. The molecule has 0 heterocycles. The van der Waals surface area contributed by atoms with Crippen molar-refractivity contribution in [2.75, 3.05) is 0 Å². The first-order valence-corrected chi connectivity index (χ1v) is 13.0. The summed E-state index contributed by atoms with van der Waals surface area (Å²) in [4.78, 5) is 12.1. The van der Waals surface area contributed by atoms with E-state index in [1.807, 2.05) is 0 Å². The van der Waals surface area contributed by atoms with Gasteiger partial charge in [-0.15, -0.1) is 0 Å². The Balaban J connectivity index is 1.68. The van der Waals surface area contributed by atoms with E-state index in [1.54, 1.807) is 44.2 Å². The zero-order valence-electron chi connectivity index (χ0n) is 21.3. The van der Waals surface area contributed by atoms with E-state index in [-0.39, 0.29) is 24.5 Å². The zero-order valence-corrected chi connectivity index (χ0v) is 21.3. The largest absolute Gasteiger partial charge is 0.456 e. The number of aliphatic hydroxyl groups is 2. The van der Waals surface area contributed by atoms with E-state index in [0.29, 0.717) is 31.2 Å². The van der Waals surface area contributed by atoms with E-state index >= 15 is 8.78 Å². The lowest BCUT2D eigenvalue weighted by molar-refractivity contribution is -0.362. The molecule has 0 bridgehead atoms. The highest BCUT2D eigenvalue weighted by molar-refractivity contribution is 5.93. The summed E-state index contributed by atoms with van der Waals surface area (Å²) in [6.07, 6.45) is -2.81. The quantitative estimate of drug-likeness (QED) is 0.431. The lowest BCUT2D eigenvalue weighted by atomic mass is 9.50. The first-order chi connectivity index (χ1) is 17.0. The van der Waals surface area contributed by atoms with E-state index in [2.05, 4.69) is 0 Å². The summed E-state index contributed by atoms with van der Waals surface area (Å²) in [6, 6.07) is 7.10. The van der Waals surface area contributed by atoms with Crippen molar-refractivity contribution < 1.29 is 37.0 Å². The number of halogens is 5. The van der Waals surface area contributed by atoms with Crippen LogP contribution in [0.5, 0.6) is 0 Å². The average molecular weight is 525 g/mol. The first kappa shape index (κ1) is 26.5. The second-order valence-electron chi connectivity index (χ2n) is 12.1. The van der Waals surface area contributed by atoms with Crippen LogP contribution in [0.25, 0.3) is 0 Å². The van der Waals surface area contributed by atoms with Crippen molar-refractivity contribution in [1.82, 2.24) is 0 Å². The smallest absolute Gasteiger partial charge is 0.386 e. The Morgan fingerprint density at radius 2 is 1.62 bits per heavy atom. The van der Waals surface area contributed by atoms with Crippen LogP contribution in [0, 0.1) is 17.3 Å². The van der Waals surface area contributed by atoms with Gasteiger partial charge in [0, 0.05) is 17.8 Å². The van der Waals surface area contributed by atoms with Crippen LogP contribution in [0.4, 0.5) is 22.0 Å². The van der Waals surface area contributed by atoms with E-state index in [4.69, 9.17) is 0 Å². The molecule has 0 spiro atoms. The number of carbonyl (C=O) groups is 1. The van der Waals surface area contributed by atoms with Gasteiger partial charge in [0.15, 0.2) is 5.78 Å². The molecule has 0 amide bonds. The first-order valence-electron chi connectivity index (χ1n) is 13.0. The molecule has 4 aliphatic rings. The Hall–Kier alpha value is -2.06. The second kappa shape index (κ2) is 8.22. The maximum atomic E-state index is 15.0. The molecule has 0 aliphatic heterocycles. The van der Waals surface area contributed by atoms with Crippen molar-refractivity contribution in [3.8, 4) is 0 Å². The van der Waals surface area contributed by atoms with Crippen LogP contribution in [-0.4, -0.2) is 33.7 Å². The molecule has 2 fully saturated rings. The van der Waals surface area contributed by atoms with E-state index < -0.39 is 47.0 Å². The van der Waals surface area contributed by atoms with Gasteiger partial charge in [0.05, 0.1) is 5.60 Å². The summed E-state index contributed by atoms with van der Waals surface area (Å²) in [6.45, 7) is 4.70. The minimum absolute atomic E-state index is 0.0459. The monoisotopic (exact) mass is 524 g/mol. The number of carbonyl (C=O) groups excluding carboxylic acids is 1. The molecule has 0 radical (unpaired) electrons. The number of fused-ring (bicyclic) bond motifs is 4. The fourth-order valence-corrected chi connectivity index (χ4v) is 7.84. The predicted octanol–water partition coefficient (Wildman–Crippen LogP) is 6.74. The van der Waals surface area contributed by atoms with Crippen LogP contribution in [0.15, 0.2) is 47.1 Å². The molecule has 0 unspecified atom stereocenters. The van der Waals surface area contributed by atoms with Gasteiger partial charge in [-0.1, -0.05) is 36.8 Å². The molecule has 5 atom stereocenters. The summed E-state index contributed by atoms with van der Waals surface area (Å²) in [5, 5.41) is 21.7. The maximum absolute atomic E-state index is 15.0. The standard InChI is InChI=1S/C29H33F5O3/c1-25(2,36)18-7-4-16(5-8-18)22-15-26(3)23(12-13-27(26,37)28(30,31)29(32,33)34)21-10-6-17-14-19(35)9-11-20(17)24(21)22/h4-5,7-8,14,21-23,36-37H,6,9-13,15H2,1-3H3/t21-,22+,23-,26-,27-/m0/s1. The number of rotatable bonds is 3. The highest BCUT2D eigenvalue weighted by Crippen LogP contribution is 2.70. The van der Waals surface area contributed by atoms with Crippen LogP contribution < -0.4 is 0 Å². The number of ketones is 1. The molecule has 4 aliphatic carbocycles. The molecule has 0 saturated heterocycles. The van der Waals surface area contributed by atoms with Crippen LogP contribution in [0.1, 0.15) is 82.8 Å². The normalized spacial score (nSPS) is 34.6. The number of benzene rings is 1. The lowest BCUT2D eigenvalue weighted by Crippen LogP contribution is -2.65. The lowest BCUT2D eigenvalue weighted by Gasteiger charge is -2.56. The fourth-order valence-electron chi connectivity index (χ4n) is 7.84. The maximum Gasteiger partial charge on any atom is 0.456 e. The SMILES string of the molecule is CC(C)(O)c1ccc([C@H]2C[C@@]3(C)[C@@H](CC[C@@]3(O)C(F)(F)C(F)(F)F)[C@@H]3CCC4=CC(=O)CCC4=C32)cc1. The molecule has 202 valence electrons. The van der Waals surface area contributed by atoms with Crippen molar-refractivity contribution in [3.05, 3.63) is 58.2 Å². The topological polar surface area (TPSA) is 57.5 Å². The number of alkyl halides is 5. The van der Waals surface area contributed by atoms with Crippen LogP contribution >= 0.6 is 0 Å². The van der Waals surface area contributed by atoms with Crippen molar-refractivity contribution in [3.63, 3.8) is 0 Å². The van der Waals surface area contributed by atoms with Crippen LogP contribution in [-0.2, 0) is 10.4 Å². The number of allylic oxidation sites excluding steroid dienone is 4. The molecule has 2 saturated carbocycles. The third-order valence-corrected chi connectivity index (χ3v) is 9.78. The van der Waals surface area contributed by atoms with Gasteiger partial charge in [0.1, 0.15) is 5.60 Å². The Morgan fingerprint density at radius 3 is 2.22 bits per heavy atom. The summed E-state index contributed by atoms with van der Waals surface area (Å²) < 4.78 is 71.0. The van der Waals surface area contributed by atoms with Crippen molar-refractivity contribution in [2.45, 2.75) is 94.9 Å². The molecular formula is C29H33F5O3. The minimum atomic E-state index is -5.87. The molecule has 1 aromatic rings.